The van der Waals surface area contributed by atoms with Crippen molar-refractivity contribution < 1.29 is 14.6 Å². The van der Waals surface area contributed by atoms with Crippen molar-refractivity contribution in [2.45, 2.75) is 32.1 Å². The smallest absolute Gasteiger partial charge is 0.222 e. The van der Waals surface area contributed by atoms with E-state index in [1.165, 1.54) is 0 Å². The molecule has 1 aliphatic heterocycles. The standard InChI is InChI=1S/C22H28N2O3/c25-18-22(13-16-27-20-8-2-1-3-9-20)12-6-15-24(17-22)21(26)11-10-19-7-4-5-14-23-19/h1-5,7-9,14,25H,6,10-13,15-18H2/t22-/m1/s1. The fourth-order valence-corrected chi connectivity index (χ4v) is 3.67. The van der Waals surface area contributed by atoms with E-state index in [0.717, 1.165) is 37.3 Å². The summed E-state index contributed by atoms with van der Waals surface area (Å²) in [5.41, 5.74) is 0.667. The molecule has 0 aliphatic carbocycles. The summed E-state index contributed by atoms with van der Waals surface area (Å²) in [7, 11) is 0. The van der Waals surface area contributed by atoms with Crippen molar-refractivity contribution in [3.8, 4) is 5.75 Å². The Morgan fingerprint density at radius 2 is 2.00 bits per heavy atom. The quantitative estimate of drug-likeness (QED) is 0.778. The average Bonchev–Trinajstić information content (AvgIpc) is 2.74. The van der Waals surface area contributed by atoms with Crippen LogP contribution in [0.4, 0.5) is 0 Å². The molecule has 1 atom stereocenters. The molecular weight excluding hydrogens is 340 g/mol. The number of aryl methyl sites for hydroxylation is 1. The Kier molecular flexibility index (Phi) is 6.82. The van der Waals surface area contributed by atoms with Gasteiger partial charge in [0.25, 0.3) is 0 Å². The minimum Gasteiger partial charge on any atom is -0.494 e. The lowest BCUT2D eigenvalue weighted by molar-refractivity contribution is -0.135. The van der Waals surface area contributed by atoms with Gasteiger partial charge in [0.15, 0.2) is 0 Å². The molecule has 1 aliphatic rings. The number of carbonyl (C=O) groups is 1. The Morgan fingerprint density at radius 3 is 2.74 bits per heavy atom. The van der Waals surface area contributed by atoms with Crippen molar-refractivity contribution in [1.82, 2.24) is 9.88 Å². The number of para-hydroxylation sites is 1. The number of aromatic nitrogens is 1. The molecule has 2 aromatic rings. The maximum Gasteiger partial charge on any atom is 0.222 e. The number of hydrogen-bond donors (Lipinski definition) is 1. The van der Waals surface area contributed by atoms with Crippen LogP contribution in [0.5, 0.6) is 5.75 Å². The Morgan fingerprint density at radius 1 is 1.19 bits per heavy atom. The number of pyridine rings is 1. The molecule has 27 heavy (non-hydrogen) atoms. The molecular formula is C22H28N2O3. The van der Waals surface area contributed by atoms with Crippen LogP contribution in [0.2, 0.25) is 0 Å². The number of likely N-dealkylation sites (tertiary alicyclic amines) is 1. The molecule has 3 rings (SSSR count). The molecule has 0 bridgehead atoms. The molecule has 1 aromatic heterocycles. The summed E-state index contributed by atoms with van der Waals surface area (Å²) in [5.74, 6) is 0.979. The van der Waals surface area contributed by atoms with Gasteiger partial charge in [-0.2, -0.15) is 0 Å². The predicted molar refractivity (Wildman–Crippen MR) is 104 cm³/mol. The summed E-state index contributed by atoms with van der Waals surface area (Å²) in [5, 5.41) is 10.0. The highest BCUT2D eigenvalue weighted by Crippen LogP contribution is 2.33. The van der Waals surface area contributed by atoms with Crippen LogP contribution in [0.25, 0.3) is 0 Å². The fraction of sp³-hybridized carbons (Fsp3) is 0.455. The van der Waals surface area contributed by atoms with E-state index in [2.05, 4.69) is 4.98 Å². The van der Waals surface area contributed by atoms with E-state index in [1.807, 2.05) is 53.4 Å². The largest absolute Gasteiger partial charge is 0.494 e. The number of aliphatic hydroxyl groups excluding tert-OH is 1. The zero-order chi connectivity index (χ0) is 19.0. The van der Waals surface area contributed by atoms with Crippen LogP contribution in [0.15, 0.2) is 54.7 Å². The first-order chi connectivity index (χ1) is 13.2. The summed E-state index contributed by atoms with van der Waals surface area (Å²) in [4.78, 5) is 18.8. The van der Waals surface area contributed by atoms with E-state index in [4.69, 9.17) is 4.74 Å². The molecule has 5 heteroatoms. The van der Waals surface area contributed by atoms with E-state index in [9.17, 15) is 9.90 Å². The van der Waals surface area contributed by atoms with Gasteiger partial charge in [0, 0.05) is 36.8 Å². The van der Waals surface area contributed by atoms with Gasteiger partial charge in [0.1, 0.15) is 5.75 Å². The number of benzene rings is 1. The molecule has 0 spiro atoms. The first-order valence-corrected chi connectivity index (χ1v) is 9.67. The number of carbonyl (C=O) groups excluding carboxylic acids is 1. The molecule has 1 N–H and O–H groups in total. The van der Waals surface area contributed by atoms with Crippen LogP contribution in [-0.2, 0) is 11.2 Å². The summed E-state index contributed by atoms with van der Waals surface area (Å²) in [6, 6.07) is 15.5. The van der Waals surface area contributed by atoms with Crippen molar-refractivity contribution in [1.29, 1.82) is 0 Å². The Bertz CT molecular complexity index is 708. The lowest BCUT2D eigenvalue weighted by Crippen LogP contribution is -2.48. The molecule has 1 amide bonds. The zero-order valence-electron chi connectivity index (χ0n) is 15.7. The van der Waals surface area contributed by atoms with Crippen LogP contribution in [0.3, 0.4) is 0 Å². The monoisotopic (exact) mass is 368 g/mol. The number of piperidine rings is 1. The van der Waals surface area contributed by atoms with E-state index in [0.29, 0.717) is 26.0 Å². The summed E-state index contributed by atoms with van der Waals surface area (Å²) < 4.78 is 5.81. The first-order valence-electron chi connectivity index (χ1n) is 9.67. The molecule has 144 valence electrons. The van der Waals surface area contributed by atoms with E-state index < -0.39 is 0 Å². The molecule has 1 saturated heterocycles. The summed E-state index contributed by atoms with van der Waals surface area (Å²) in [6.45, 7) is 1.99. The SMILES string of the molecule is O=C(CCc1ccccn1)N1CCC[C@@](CO)(CCOc2ccccc2)C1. The van der Waals surface area contributed by atoms with Gasteiger partial charge in [-0.25, -0.2) is 0 Å². The van der Waals surface area contributed by atoms with Crippen molar-refractivity contribution in [3.63, 3.8) is 0 Å². The van der Waals surface area contributed by atoms with Gasteiger partial charge in [-0.1, -0.05) is 24.3 Å². The van der Waals surface area contributed by atoms with E-state index in [1.54, 1.807) is 6.20 Å². The van der Waals surface area contributed by atoms with Crippen LogP contribution >= 0.6 is 0 Å². The molecule has 0 unspecified atom stereocenters. The molecule has 2 heterocycles. The number of aliphatic hydroxyl groups is 1. The van der Waals surface area contributed by atoms with Gasteiger partial charge < -0.3 is 14.7 Å². The second-order valence-corrected chi connectivity index (χ2v) is 7.31. The number of hydrogen-bond acceptors (Lipinski definition) is 4. The van der Waals surface area contributed by atoms with Crippen molar-refractivity contribution in [2.75, 3.05) is 26.3 Å². The first kappa shape index (κ1) is 19.4. The second kappa shape index (κ2) is 9.51. The summed E-state index contributed by atoms with van der Waals surface area (Å²) >= 11 is 0. The van der Waals surface area contributed by atoms with Crippen molar-refractivity contribution in [3.05, 3.63) is 60.4 Å². The van der Waals surface area contributed by atoms with Gasteiger partial charge >= 0.3 is 0 Å². The number of amides is 1. The average molecular weight is 368 g/mol. The Balaban J connectivity index is 1.51. The highest BCUT2D eigenvalue weighted by atomic mass is 16.5. The fourth-order valence-electron chi connectivity index (χ4n) is 3.67. The van der Waals surface area contributed by atoms with Crippen LogP contribution in [-0.4, -0.2) is 47.2 Å². The van der Waals surface area contributed by atoms with Gasteiger partial charge in [-0.3, -0.25) is 9.78 Å². The Hall–Kier alpha value is -2.40. The lowest BCUT2D eigenvalue weighted by atomic mass is 9.78. The molecule has 5 nitrogen and oxygen atoms in total. The summed E-state index contributed by atoms with van der Waals surface area (Å²) in [6.07, 6.45) is 5.44. The molecule has 1 aromatic carbocycles. The second-order valence-electron chi connectivity index (χ2n) is 7.31. The maximum atomic E-state index is 12.7. The van der Waals surface area contributed by atoms with Crippen LogP contribution in [0, 0.1) is 5.41 Å². The number of rotatable bonds is 8. The number of nitrogens with zero attached hydrogens (tertiary/aromatic N) is 2. The number of ether oxygens (including phenoxy) is 1. The lowest BCUT2D eigenvalue weighted by Gasteiger charge is -2.42. The third-order valence-electron chi connectivity index (χ3n) is 5.32. The highest BCUT2D eigenvalue weighted by molar-refractivity contribution is 5.76. The Labute approximate surface area is 161 Å². The van der Waals surface area contributed by atoms with Gasteiger partial charge in [-0.15, -0.1) is 0 Å². The third kappa shape index (κ3) is 5.54. The minimum atomic E-state index is -0.270. The van der Waals surface area contributed by atoms with Crippen LogP contribution < -0.4 is 4.74 Å². The predicted octanol–water partition coefficient (Wildman–Crippen LogP) is 3.08. The molecule has 0 radical (unpaired) electrons. The molecule has 0 saturated carbocycles. The normalized spacial score (nSPS) is 19.7. The van der Waals surface area contributed by atoms with Gasteiger partial charge in [0.05, 0.1) is 13.2 Å². The highest BCUT2D eigenvalue weighted by Gasteiger charge is 2.36. The third-order valence-corrected chi connectivity index (χ3v) is 5.32. The van der Waals surface area contributed by atoms with Gasteiger partial charge in [-0.05, 0) is 49.9 Å². The van der Waals surface area contributed by atoms with Crippen molar-refractivity contribution in [2.24, 2.45) is 5.41 Å². The maximum absolute atomic E-state index is 12.7. The zero-order valence-corrected chi connectivity index (χ0v) is 15.7. The van der Waals surface area contributed by atoms with Gasteiger partial charge in [0.2, 0.25) is 5.91 Å². The van der Waals surface area contributed by atoms with Crippen molar-refractivity contribution >= 4 is 5.91 Å². The topological polar surface area (TPSA) is 62.7 Å². The van der Waals surface area contributed by atoms with E-state index in [-0.39, 0.29) is 17.9 Å². The van der Waals surface area contributed by atoms with Crippen LogP contribution in [0.1, 0.15) is 31.4 Å². The molecule has 1 fully saturated rings. The van der Waals surface area contributed by atoms with E-state index >= 15 is 0 Å². The minimum absolute atomic E-state index is 0.0785.